The number of hydrogen-bond acceptors (Lipinski definition) is 4. The molecule has 0 spiro atoms. The summed E-state index contributed by atoms with van der Waals surface area (Å²) >= 11 is 6.10. The van der Waals surface area contributed by atoms with Crippen LogP contribution in [0.15, 0.2) is 24.4 Å². The van der Waals surface area contributed by atoms with Crippen molar-refractivity contribution in [1.82, 2.24) is 18.8 Å². The predicted octanol–water partition coefficient (Wildman–Crippen LogP) is 1.91. The van der Waals surface area contributed by atoms with Gasteiger partial charge >= 0.3 is 0 Å². The van der Waals surface area contributed by atoms with Gasteiger partial charge < -0.3 is 5.32 Å². The van der Waals surface area contributed by atoms with E-state index < -0.39 is 28.2 Å². The van der Waals surface area contributed by atoms with Crippen molar-refractivity contribution in [3.8, 4) is 0 Å². The molecule has 1 saturated heterocycles. The van der Waals surface area contributed by atoms with Crippen LogP contribution in [-0.2, 0) is 22.1 Å². The van der Waals surface area contributed by atoms with Crippen LogP contribution >= 0.6 is 11.6 Å². The van der Waals surface area contributed by atoms with Crippen LogP contribution in [0.25, 0.3) is 0 Å². The number of anilines is 1. The van der Waals surface area contributed by atoms with Gasteiger partial charge in [-0.05, 0) is 38.0 Å². The third-order valence-electron chi connectivity index (χ3n) is 5.05. The number of amides is 1. The third kappa shape index (κ3) is 3.73. The van der Waals surface area contributed by atoms with Gasteiger partial charge in [0.2, 0.25) is 5.91 Å². The van der Waals surface area contributed by atoms with Crippen molar-refractivity contribution in [2.75, 3.05) is 12.4 Å². The molecule has 2 atom stereocenters. The minimum Gasteiger partial charge on any atom is -0.324 e. The molecular formula is C17H22ClN5O3S. The van der Waals surface area contributed by atoms with Crippen molar-refractivity contribution in [2.45, 2.75) is 32.4 Å². The maximum atomic E-state index is 12.9. The van der Waals surface area contributed by atoms with Gasteiger partial charge in [0.15, 0.2) is 0 Å². The predicted molar refractivity (Wildman–Crippen MR) is 104 cm³/mol. The molecule has 1 fully saturated rings. The highest BCUT2D eigenvalue weighted by molar-refractivity contribution is 7.87. The smallest absolute Gasteiger partial charge is 0.280 e. The molecule has 3 rings (SSSR count). The summed E-state index contributed by atoms with van der Waals surface area (Å²) in [6, 6.07) is 3.80. The van der Waals surface area contributed by atoms with Crippen molar-refractivity contribution >= 4 is 33.4 Å². The Kier molecular flexibility index (Phi) is 5.31. The number of likely N-dealkylation sites (N-methyl/N-ethyl adjacent to an activating group) is 1. The number of benzene rings is 1. The summed E-state index contributed by atoms with van der Waals surface area (Å²) in [4.78, 5) is 12.9. The fourth-order valence-electron chi connectivity index (χ4n) is 3.13. The van der Waals surface area contributed by atoms with Gasteiger partial charge in [0.25, 0.3) is 10.2 Å². The summed E-state index contributed by atoms with van der Waals surface area (Å²) in [7, 11) is -0.633. The molecule has 2 aromatic rings. The molecule has 2 heterocycles. The zero-order valence-corrected chi connectivity index (χ0v) is 17.1. The Labute approximate surface area is 163 Å². The number of nitrogens with one attached hydrogen (secondary N) is 2. The number of carbonyl (C=O) groups excluding carboxylic acids is 1. The molecule has 1 amide bonds. The minimum atomic E-state index is -3.81. The first-order chi connectivity index (χ1) is 12.6. The van der Waals surface area contributed by atoms with E-state index in [4.69, 9.17) is 11.6 Å². The topological polar surface area (TPSA) is 96.3 Å². The molecule has 8 nitrogen and oxygen atoms in total. The Morgan fingerprint density at radius 1 is 1.33 bits per heavy atom. The van der Waals surface area contributed by atoms with Crippen LogP contribution in [0, 0.1) is 13.8 Å². The number of halogens is 1. The van der Waals surface area contributed by atoms with E-state index in [0.717, 1.165) is 21.1 Å². The number of rotatable bonds is 3. The molecule has 10 heteroatoms. The zero-order valence-electron chi connectivity index (χ0n) is 15.5. The van der Waals surface area contributed by atoms with Gasteiger partial charge in [-0.3, -0.25) is 9.48 Å². The Balaban J connectivity index is 1.89. The van der Waals surface area contributed by atoms with Crippen molar-refractivity contribution in [3.05, 3.63) is 46.2 Å². The zero-order chi connectivity index (χ0) is 19.9. The fourth-order valence-corrected chi connectivity index (χ4v) is 4.57. The average molecular weight is 412 g/mol. The van der Waals surface area contributed by atoms with Crippen LogP contribution in [0.4, 0.5) is 5.69 Å². The van der Waals surface area contributed by atoms with E-state index in [2.05, 4.69) is 15.1 Å². The maximum absolute atomic E-state index is 12.9. The summed E-state index contributed by atoms with van der Waals surface area (Å²) in [5, 5.41) is 7.50. The lowest BCUT2D eigenvalue weighted by atomic mass is 10.00. The third-order valence-corrected chi connectivity index (χ3v) is 7.05. The Morgan fingerprint density at radius 2 is 2.04 bits per heavy atom. The lowest BCUT2D eigenvalue weighted by Crippen LogP contribution is -2.56. The molecule has 0 aliphatic carbocycles. The number of nitrogens with zero attached hydrogens (tertiary/aromatic N) is 3. The van der Waals surface area contributed by atoms with Crippen LogP contribution < -0.4 is 10.0 Å². The molecular weight excluding hydrogens is 390 g/mol. The average Bonchev–Trinajstić information content (AvgIpc) is 2.93. The molecule has 2 N–H and O–H groups in total. The van der Waals surface area contributed by atoms with E-state index in [0.29, 0.717) is 10.7 Å². The van der Waals surface area contributed by atoms with E-state index in [9.17, 15) is 13.2 Å². The largest absolute Gasteiger partial charge is 0.324 e. The first-order valence-electron chi connectivity index (χ1n) is 8.41. The highest BCUT2D eigenvalue weighted by Gasteiger charge is 2.41. The quantitative estimate of drug-likeness (QED) is 0.806. The second-order valence-electron chi connectivity index (χ2n) is 6.65. The summed E-state index contributed by atoms with van der Waals surface area (Å²) < 4.78 is 30.5. The van der Waals surface area contributed by atoms with Crippen LogP contribution in [0.2, 0.25) is 5.02 Å². The van der Waals surface area contributed by atoms with Crippen molar-refractivity contribution in [2.24, 2.45) is 7.05 Å². The molecule has 2 unspecified atom stereocenters. The van der Waals surface area contributed by atoms with Gasteiger partial charge in [0, 0.05) is 36.1 Å². The molecule has 1 aliphatic heterocycles. The van der Waals surface area contributed by atoms with Gasteiger partial charge in [-0.2, -0.15) is 22.5 Å². The molecule has 0 saturated carbocycles. The second kappa shape index (κ2) is 7.23. The lowest BCUT2D eigenvalue weighted by Gasteiger charge is -2.36. The summed E-state index contributed by atoms with van der Waals surface area (Å²) in [6.07, 6.45) is 1.91. The molecule has 1 aliphatic rings. The first-order valence-corrected chi connectivity index (χ1v) is 10.2. The molecule has 146 valence electrons. The normalized spacial score (nSPS) is 22.6. The van der Waals surface area contributed by atoms with Crippen molar-refractivity contribution in [1.29, 1.82) is 0 Å². The van der Waals surface area contributed by atoms with Crippen LogP contribution in [0.5, 0.6) is 0 Å². The second-order valence-corrected chi connectivity index (χ2v) is 8.82. The molecule has 0 radical (unpaired) electrons. The summed E-state index contributed by atoms with van der Waals surface area (Å²) in [5.74, 6) is -0.403. The van der Waals surface area contributed by atoms with Gasteiger partial charge in [0.05, 0.1) is 12.2 Å². The monoisotopic (exact) mass is 411 g/mol. The molecule has 1 aromatic carbocycles. The minimum absolute atomic E-state index is 0.285. The number of aromatic nitrogens is 2. The van der Waals surface area contributed by atoms with Gasteiger partial charge in [-0.15, -0.1) is 0 Å². The lowest BCUT2D eigenvalue weighted by molar-refractivity contribution is -0.120. The molecule has 1 aromatic heterocycles. The van der Waals surface area contributed by atoms with Crippen LogP contribution in [0.3, 0.4) is 0 Å². The van der Waals surface area contributed by atoms with Crippen LogP contribution in [0.1, 0.15) is 29.3 Å². The van der Waals surface area contributed by atoms with Gasteiger partial charge in [-0.1, -0.05) is 17.7 Å². The Morgan fingerprint density at radius 3 is 2.67 bits per heavy atom. The fraction of sp³-hybridized carbons (Fsp3) is 0.412. The van der Waals surface area contributed by atoms with Gasteiger partial charge in [0.1, 0.15) is 6.04 Å². The maximum Gasteiger partial charge on any atom is 0.280 e. The molecule has 27 heavy (non-hydrogen) atoms. The molecule has 0 bridgehead atoms. The van der Waals surface area contributed by atoms with Crippen molar-refractivity contribution in [3.63, 3.8) is 0 Å². The number of aryl methyl sites for hydroxylation is 1. The number of carbonyl (C=O) groups is 1. The van der Waals surface area contributed by atoms with E-state index in [1.54, 1.807) is 43.0 Å². The van der Waals surface area contributed by atoms with E-state index in [-0.39, 0.29) is 6.42 Å². The first kappa shape index (κ1) is 19.8. The highest BCUT2D eigenvalue weighted by Crippen LogP contribution is 2.30. The SMILES string of the molecule is Cc1c(Cl)cccc1NC(=O)C1CC(c2cnn(C)c2C)NS(=O)(=O)N1C. The highest BCUT2D eigenvalue weighted by atomic mass is 35.5. The summed E-state index contributed by atoms with van der Waals surface area (Å²) in [5.41, 5.74) is 2.89. The van der Waals surface area contributed by atoms with Gasteiger partial charge in [-0.25, -0.2) is 0 Å². The van der Waals surface area contributed by atoms with Crippen molar-refractivity contribution < 1.29 is 13.2 Å². The van der Waals surface area contributed by atoms with E-state index in [1.807, 2.05) is 6.92 Å². The standard InChI is InChI=1S/C17H22ClN5O3S/c1-10-13(18)6-5-7-14(10)20-17(24)16-8-15(21-27(25,26)23(16)4)12-9-19-22(3)11(12)2/h5-7,9,15-16,21H,8H2,1-4H3,(H,20,24). The Hall–Kier alpha value is -1.94. The van der Waals surface area contributed by atoms with E-state index in [1.165, 1.54) is 7.05 Å². The Bertz CT molecular complexity index is 988. The van der Waals surface area contributed by atoms with E-state index >= 15 is 0 Å². The van der Waals surface area contributed by atoms with Crippen LogP contribution in [-0.4, -0.2) is 41.5 Å². The summed E-state index contributed by atoms with van der Waals surface area (Å²) in [6.45, 7) is 3.65. The number of hydrogen-bond donors (Lipinski definition) is 2.